The number of hydrogen-bond donors (Lipinski definition) is 0. The third-order valence-electron chi connectivity index (χ3n) is 3.76. The Hall–Kier alpha value is -1.23. The van der Waals surface area contributed by atoms with Crippen molar-refractivity contribution >= 4 is 11.8 Å². The SMILES string of the molecule is CCCCn1c(SCCCc2cnn(C)c2)nc(C)c1C. The molecule has 0 aliphatic carbocycles. The molecule has 2 rings (SSSR count). The predicted octanol–water partition coefficient (Wildman–Crippen LogP) is 3.76. The number of aromatic nitrogens is 4. The van der Waals surface area contributed by atoms with E-state index in [1.807, 2.05) is 29.7 Å². The van der Waals surface area contributed by atoms with Crippen LogP contribution in [-0.2, 0) is 20.0 Å². The lowest BCUT2D eigenvalue weighted by molar-refractivity contribution is 0.575. The van der Waals surface area contributed by atoms with Gasteiger partial charge in [0.15, 0.2) is 5.16 Å². The fraction of sp³-hybridized carbons (Fsp3) is 0.625. The second-order valence-corrected chi connectivity index (χ2v) is 6.61. The van der Waals surface area contributed by atoms with Crippen LogP contribution < -0.4 is 0 Å². The zero-order valence-electron chi connectivity index (χ0n) is 13.6. The first-order valence-corrected chi connectivity index (χ1v) is 8.74. The molecule has 0 aromatic carbocycles. The highest BCUT2D eigenvalue weighted by molar-refractivity contribution is 7.99. The Labute approximate surface area is 132 Å². The molecule has 0 saturated carbocycles. The van der Waals surface area contributed by atoms with Gasteiger partial charge in [-0.2, -0.15) is 5.10 Å². The Morgan fingerprint density at radius 1 is 1.24 bits per heavy atom. The van der Waals surface area contributed by atoms with E-state index in [4.69, 9.17) is 4.98 Å². The highest BCUT2D eigenvalue weighted by Gasteiger charge is 2.10. The van der Waals surface area contributed by atoms with Crippen molar-refractivity contribution in [2.75, 3.05) is 5.75 Å². The number of thioether (sulfide) groups is 1. The van der Waals surface area contributed by atoms with E-state index in [0.29, 0.717) is 0 Å². The molecule has 0 saturated heterocycles. The molecule has 0 spiro atoms. The molecular formula is C16H26N4S. The first-order chi connectivity index (χ1) is 10.1. The largest absolute Gasteiger partial charge is 0.323 e. The van der Waals surface area contributed by atoms with Gasteiger partial charge in [-0.1, -0.05) is 25.1 Å². The van der Waals surface area contributed by atoms with Gasteiger partial charge in [-0.3, -0.25) is 4.68 Å². The molecule has 0 atom stereocenters. The zero-order valence-corrected chi connectivity index (χ0v) is 14.4. The molecule has 116 valence electrons. The number of aryl methyl sites for hydroxylation is 3. The molecule has 2 aromatic heterocycles. The van der Waals surface area contributed by atoms with Crippen LogP contribution in [0.2, 0.25) is 0 Å². The minimum atomic E-state index is 1.09. The Morgan fingerprint density at radius 2 is 2.05 bits per heavy atom. The van der Waals surface area contributed by atoms with E-state index in [2.05, 4.69) is 36.6 Å². The summed E-state index contributed by atoms with van der Waals surface area (Å²) in [7, 11) is 1.97. The molecule has 2 heterocycles. The maximum atomic E-state index is 4.72. The summed E-state index contributed by atoms with van der Waals surface area (Å²) in [4.78, 5) is 4.72. The third-order valence-corrected chi connectivity index (χ3v) is 4.82. The van der Waals surface area contributed by atoms with Crippen LogP contribution in [0.3, 0.4) is 0 Å². The van der Waals surface area contributed by atoms with E-state index in [1.54, 1.807) is 0 Å². The van der Waals surface area contributed by atoms with Gasteiger partial charge in [0.05, 0.1) is 11.9 Å². The Balaban J connectivity index is 1.86. The average molecular weight is 306 g/mol. The van der Waals surface area contributed by atoms with Gasteiger partial charge in [0.1, 0.15) is 0 Å². The molecule has 0 aliphatic heterocycles. The first-order valence-electron chi connectivity index (χ1n) is 7.76. The molecule has 0 N–H and O–H groups in total. The summed E-state index contributed by atoms with van der Waals surface area (Å²) in [5.74, 6) is 1.11. The van der Waals surface area contributed by atoms with Gasteiger partial charge < -0.3 is 4.57 Å². The number of nitrogens with zero attached hydrogens (tertiary/aromatic N) is 4. The van der Waals surface area contributed by atoms with Gasteiger partial charge in [0.25, 0.3) is 0 Å². The molecule has 0 amide bonds. The molecule has 5 heteroatoms. The summed E-state index contributed by atoms with van der Waals surface area (Å²) in [6.07, 6.45) is 8.76. The number of imidazole rings is 1. The Kier molecular flexibility index (Phi) is 5.91. The van der Waals surface area contributed by atoms with Gasteiger partial charge in [-0.25, -0.2) is 4.98 Å². The van der Waals surface area contributed by atoms with E-state index in [0.717, 1.165) is 25.1 Å². The summed E-state index contributed by atoms with van der Waals surface area (Å²) in [5, 5.41) is 5.39. The van der Waals surface area contributed by atoms with Crippen molar-refractivity contribution in [2.45, 2.75) is 58.2 Å². The number of unbranched alkanes of at least 4 members (excludes halogenated alkanes) is 1. The molecule has 21 heavy (non-hydrogen) atoms. The molecule has 0 bridgehead atoms. The van der Waals surface area contributed by atoms with E-state index in [1.165, 1.54) is 34.9 Å². The average Bonchev–Trinajstić information content (AvgIpc) is 2.98. The van der Waals surface area contributed by atoms with E-state index >= 15 is 0 Å². The zero-order chi connectivity index (χ0) is 15.2. The molecule has 0 fully saturated rings. The van der Waals surface area contributed by atoms with Crippen LogP contribution >= 0.6 is 11.8 Å². The maximum Gasteiger partial charge on any atom is 0.168 e. The summed E-state index contributed by atoms with van der Waals surface area (Å²) >= 11 is 1.88. The second kappa shape index (κ2) is 7.69. The van der Waals surface area contributed by atoms with Crippen molar-refractivity contribution in [1.29, 1.82) is 0 Å². The summed E-state index contributed by atoms with van der Waals surface area (Å²) in [6.45, 7) is 7.61. The number of hydrogen-bond acceptors (Lipinski definition) is 3. The van der Waals surface area contributed by atoms with Gasteiger partial charge in [0.2, 0.25) is 0 Å². The minimum absolute atomic E-state index is 1.09. The lowest BCUT2D eigenvalue weighted by Gasteiger charge is -2.08. The summed E-state index contributed by atoms with van der Waals surface area (Å²) in [6, 6.07) is 0. The Bertz CT molecular complexity index is 571. The summed E-state index contributed by atoms with van der Waals surface area (Å²) < 4.78 is 4.25. The topological polar surface area (TPSA) is 35.6 Å². The molecule has 4 nitrogen and oxygen atoms in total. The lowest BCUT2D eigenvalue weighted by atomic mass is 10.2. The predicted molar refractivity (Wildman–Crippen MR) is 88.9 cm³/mol. The molecular weight excluding hydrogens is 280 g/mol. The van der Waals surface area contributed by atoms with E-state index < -0.39 is 0 Å². The highest BCUT2D eigenvalue weighted by Crippen LogP contribution is 2.23. The van der Waals surface area contributed by atoms with Crippen LogP contribution in [0.4, 0.5) is 0 Å². The van der Waals surface area contributed by atoms with E-state index in [-0.39, 0.29) is 0 Å². The first kappa shape index (κ1) is 16.1. The van der Waals surface area contributed by atoms with Gasteiger partial charge in [-0.05, 0) is 38.7 Å². The van der Waals surface area contributed by atoms with Crippen LogP contribution in [0.5, 0.6) is 0 Å². The fourth-order valence-electron chi connectivity index (χ4n) is 2.35. The van der Waals surface area contributed by atoms with Gasteiger partial charge in [0, 0.05) is 31.2 Å². The van der Waals surface area contributed by atoms with Crippen LogP contribution in [0, 0.1) is 13.8 Å². The quantitative estimate of drug-likeness (QED) is 0.550. The highest BCUT2D eigenvalue weighted by atomic mass is 32.2. The van der Waals surface area contributed by atoms with Gasteiger partial charge >= 0.3 is 0 Å². The lowest BCUT2D eigenvalue weighted by Crippen LogP contribution is -2.02. The smallest absolute Gasteiger partial charge is 0.168 e. The van der Waals surface area contributed by atoms with Crippen molar-refractivity contribution in [3.05, 3.63) is 29.3 Å². The van der Waals surface area contributed by atoms with Crippen molar-refractivity contribution in [3.63, 3.8) is 0 Å². The van der Waals surface area contributed by atoms with E-state index in [9.17, 15) is 0 Å². The third kappa shape index (κ3) is 4.37. The van der Waals surface area contributed by atoms with Crippen LogP contribution in [-0.4, -0.2) is 25.1 Å². The standard InChI is InChI=1S/C16H26N4S/c1-5-6-9-20-14(3)13(2)18-16(20)21-10-7-8-15-11-17-19(4)12-15/h11-12H,5-10H2,1-4H3. The Morgan fingerprint density at radius 3 is 2.71 bits per heavy atom. The number of rotatable bonds is 8. The summed E-state index contributed by atoms with van der Waals surface area (Å²) in [5.41, 5.74) is 3.80. The maximum absolute atomic E-state index is 4.72. The van der Waals surface area contributed by atoms with Crippen molar-refractivity contribution < 1.29 is 0 Å². The van der Waals surface area contributed by atoms with Gasteiger partial charge in [-0.15, -0.1) is 0 Å². The van der Waals surface area contributed by atoms with Crippen molar-refractivity contribution in [2.24, 2.45) is 7.05 Å². The normalized spacial score (nSPS) is 11.2. The van der Waals surface area contributed by atoms with Crippen molar-refractivity contribution in [1.82, 2.24) is 19.3 Å². The molecule has 0 aliphatic rings. The van der Waals surface area contributed by atoms with Crippen LogP contribution in [0.15, 0.2) is 17.6 Å². The van der Waals surface area contributed by atoms with Crippen LogP contribution in [0.25, 0.3) is 0 Å². The molecule has 0 unspecified atom stereocenters. The second-order valence-electron chi connectivity index (χ2n) is 5.54. The molecule has 0 radical (unpaired) electrons. The fourth-order valence-corrected chi connectivity index (χ4v) is 3.41. The monoisotopic (exact) mass is 306 g/mol. The minimum Gasteiger partial charge on any atom is -0.323 e. The van der Waals surface area contributed by atoms with Crippen molar-refractivity contribution in [3.8, 4) is 0 Å². The molecule has 2 aromatic rings. The van der Waals surface area contributed by atoms with Crippen LogP contribution in [0.1, 0.15) is 43.1 Å².